The van der Waals surface area contributed by atoms with Gasteiger partial charge in [0.2, 0.25) is 15.6 Å². The first-order valence-corrected chi connectivity index (χ1v) is 9.58. The standard InChI is InChI=1S/C10H22N5O7PS/c11-10(12)13-1-2-21-3-4-22-6-8(16)14-5-7(9(17)18)15-24(19,20)23/h7,15H,1-6,23H2,(H,14,16)(H,17,18)(H4,11,12,13). The second kappa shape index (κ2) is 11.9. The summed E-state index contributed by atoms with van der Waals surface area (Å²) in [6, 6.07) is -1.48. The zero-order valence-electron chi connectivity index (χ0n) is 12.8. The maximum atomic E-state index is 11.4. The molecule has 0 radical (unpaired) electrons. The average molecular weight is 387 g/mol. The van der Waals surface area contributed by atoms with Gasteiger partial charge in [-0.15, -0.1) is 0 Å². The first-order valence-electron chi connectivity index (χ1n) is 6.62. The van der Waals surface area contributed by atoms with Crippen molar-refractivity contribution in [2.24, 2.45) is 16.5 Å². The number of nitrogens with one attached hydrogen (secondary N) is 2. The molecule has 0 aromatic rings. The summed E-state index contributed by atoms with van der Waals surface area (Å²) >= 11 is 0. The van der Waals surface area contributed by atoms with E-state index in [1.54, 1.807) is 0 Å². The Balaban J connectivity index is 3.82. The van der Waals surface area contributed by atoms with Crippen LogP contribution in [-0.2, 0) is 28.7 Å². The maximum Gasteiger partial charge on any atom is 0.323 e. The van der Waals surface area contributed by atoms with Crippen LogP contribution in [0.25, 0.3) is 0 Å². The third-order valence-corrected chi connectivity index (χ3v) is 3.26. The number of aliphatic imine (C=N–C) groups is 1. The Labute approximate surface area is 141 Å². The van der Waals surface area contributed by atoms with E-state index in [4.69, 9.17) is 26.0 Å². The molecule has 14 heteroatoms. The molecule has 1 amide bonds. The molecule has 12 nitrogen and oxygen atoms in total. The van der Waals surface area contributed by atoms with Crippen molar-refractivity contribution in [1.29, 1.82) is 0 Å². The largest absolute Gasteiger partial charge is 0.480 e. The summed E-state index contributed by atoms with van der Waals surface area (Å²) in [6.07, 6.45) is 0. The van der Waals surface area contributed by atoms with Crippen LogP contribution < -0.4 is 21.5 Å². The van der Waals surface area contributed by atoms with E-state index in [0.717, 1.165) is 0 Å². The summed E-state index contributed by atoms with van der Waals surface area (Å²) in [5.41, 5.74) is 10.2. The fourth-order valence-electron chi connectivity index (χ4n) is 1.27. The molecule has 140 valence electrons. The van der Waals surface area contributed by atoms with Crippen molar-refractivity contribution >= 4 is 35.9 Å². The lowest BCUT2D eigenvalue weighted by Gasteiger charge is -2.13. The number of carboxylic acids is 1. The molecule has 0 fully saturated rings. The maximum absolute atomic E-state index is 11.4. The van der Waals surface area contributed by atoms with Crippen molar-refractivity contribution < 1.29 is 32.6 Å². The molecule has 0 spiro atoms. The lowest BCUT2D eigenvalue weighted by molar-refractivity contribution is -0.139. The molecular formula is C10H22N5O7PS. The third kappa shape index (κ3) is 14.1. The van der Waals surface area contributed by atoms with Crippen molar-refractivity contribution in [3.05, 3.63) is 0 Å². The molecule has 0 saturated heterocycles. The van der Waals surface area contributed by atoms with Crippen LogP contribution in [0.4, 0.5) is 0 Å². The molecule has 0 saturated carbocycles. The number of carbonyl (C=O) groups excluding carboxylic acids is 1. The molecule has 0 bridgehead atoms. The zero-order valence-corrected chi connectivity index (χ0v) is 14.8. The summed E-state index contributed by atoms with van der Waals surface area (Å²) in [5, 5.41) is 11.1. The van der Waals surface area contributed by atoms with E-state index in [-0.39, 0.29) is 25.8 Å². The topological polar surface area (TPSA) is 195 Å². The van der Waals surface area contributed by atoms with Gasteiger partial charge in [0.25, 0.3) is 0 Å². The Morgan fingerprint density at radius 2 is 1.83 bits per heavy atom. The molecule has 2 unspecified atom stereocenters. The highest BCUT2D eigenvalue weighted by molar-refractivity contribution is 8.36. The third-order valence-electron chi connectivity index (χ3n) is 2.24. The van der Waals surface area contributed by atoms with Crippen LogP contribution in [0.1, 0.15) is 0 Å². The van der Waals surface area contributed by atoms with Gasteiger partial charge in [0.15, 0.2) is 5.96 Å². The molecule has 2 atom stereocenters. The number of carboxylic acid groups (broad SMARTS) is 1. The minimum atomic E-state index is -3.79. The van der Waals surface area contributed by atoms with Gasteiger partial charge < -0.3 is 31.4 Å². The van der Waals surface area contributed by atoms with Crippen molar-refractivity contribution in [3.8, 4) is 0 Å². The SMILES string of the molecule is NC(N)=NCCOCCOCC(=O)NCC(NS(=O)(=O)P)C(=O)O. The molecule has 7 N–H and O–H groups in total. The number of rotatable bonds is 13. The van der Waals surface area contributed by atoms with E-state index in [0.29, 0.717) is 13.2 Å². The average Bonchev–Trinajstić information content (AvgIpc) is 2.44. The normalized spacial score (nSPS) is 12.4. The van der Waals surface area contributed by atoms with Crippen LogP contribution in [0.3, 0.4) is 0 Å². The molecular weight excluding hydrogens is 365 g/mol. The second-order valence-electron chi connectivity index (χ2n) is 4.33. The molecule has 24 heavy (non-hydrogen) atoms. The fraction of sp³-hybridized carbons (Fsp3) is 0.700. The van der Waals surface area contributed by atoms with Gasteiger partial charge in [0, 0.05) is 15.0 Å². The highest BCUT2D eigenvalue weighted by atomic mass is 32.7. The Bertz CT molecular complexity index is 538. The Morgan fingerprint density at radius 3 is 2.38 bits per heavy atom. The van der Waals surface area contributed by atoms with Gasteiger partial charge in [-0.1, -0.05) is 0 Å². The van der Waals surface area contributed by atoms with Crippen molar-refractivity contribution in [1.82, 2.24) is 10.0 Å². The molecule has 0 rings (SSSR count). The van der Waals surface area contributed by atoms with E-state index in [9.17, 15) is 18.0 Å². The van der Waals surface area contributed by atoms with Crippen LogP contribution in [0.15, 0.2) is 4.99 Å². The van der Waals surface area contributed by atoms with E-state index in [1.165, 1.54) is 8.44 Å². The monoisotopic (exact) mass is 387 g/mol. The van der Waals surface area contributed by atoms with Crippen LogP contribution in [0.2, 0.25) is 0 Å². The van der Waals surface area contributed by atoms with Crippen LogP contribution in [-0.4, -0.2) is 76.9 Å². The lowest BCUT2D eigenvalue weighted by atomic mass is 10.3. The number of ether oxygens (including phenoxy) is 2. The van der Waals surface area contributed by atoms with Crippen molar-refractivity contribution in [3.63, 3.8) is 0 Å². The van der Waals surface area contributed by atoms with Gasteiger partial charge in [-0.05, 0) is 0 Å². The van der Waals surface area contributed by atoms with E-state index < -0.39 is 34.1 Å². The predicted octanol–water partition coefficient (Wildman–Crippen LogP) is -3.43. The number of amides is 1. The van der Waals surface area contributed by atoms with E-state index in [2.05, 4.69) is 10.3 Å². The van der Waals surface area contributed by atoms with Gasteiger partial charge >= 0.3 is 5.97 Å². The number of hydrogen-bond donors (Lipinski definition) is 5. The van der Waals surface area contributed by atoms with Crippen LogP contribution in [0, 0.1) is 0 Å². The molecule has 0 aromatic carbocycles. The van der Waals surface area contributed by atoms with Crippen molar-refractivity contribution in [2.75, 3.05) is 39.5 Å². The number of nitrogens with two attached hydrogens (primary N) is 2. The van der Waals surface area contributed by atoms with Crippen molar-refractivity contribution in [2.45, 2.75) is 6.04 Å². The minimum Gasteiger partial charge on any atom is -0.480 e. The number of nitrogens with zero attached hydrogens (tertiary/aromatic N) is 1. The van der Waals surface area contributed by atoms with Gasteiger partial charge in [-0.2, -0.15) is 4.72 Å². The van der Waals surface area contributed by atoms with Gasteiger partial charge in [0.1, 0.15) is 12.6 Å². The summed E-state index contributed by atoms with van der Waals surface area (Å²) in [5.74, 6) is -2.05. The fourth-order valence-corrected chi connectivity index (χ4v) is 2.34. The van der Waals surface area contributed by atoms with Gasteiger partial charge in [-0.3, -0.25) is 14.6 Å². The van der Waals surface area contributed by atoms with Gasteiger partial charge in [0.05, 0.1) is 26.4 Å². The first-order chi connectivity index (χ1) is 11.1. The predicted molar refractivity (Wildman–Crippen MR) is 88.5 cm³/mol. The molecule has 0 heterocycles. The number of guanidine groups is 1. The molecule has 0 aliphatic carbocycles. The summed E-state index contributed by atoms with van der Waals surface area (Å²) in [6.45, 7) is 0.221. The van der Waals surface area contributed by atoms with Gasteiger partial charge in [-0.25, -0.2) is 8.42 Å². The van der Waals surface area contributed by atoms with Crippen LogP contribution >= 0.6 is 8.44 Å². The number of aliphatic carboxylic acids is 1. The highest BCUT2D eigenvalue weighted by Gasteiger charge is 2.21. The molecule has 0 aliphatic heterocycles. The lowest BCUT2D eigenvalue weighted by Crippen LogP contribution is -2.47. The summed E-state index contributed by atoms with van der Waals surface area (Å²) in [4.78, 5) is 26.0. The molecule has 0 aromatic heterocycles. The quantitative estimate of drug-likeness (QED) is 0.0924. The Kier molecular flexibility index (Phi) is 11.2. The molecule has 0 aliphatic rings. The summed E-state index contributed by atoms with van der Waals surface area (Å²) in [7, 11) is -2.33. The highest BCUT2D eigenvalue weighted by Crippen LogP contribution is 1.97. The Hall–Kier alpha value is -1.53. The van der Waals surface area contributed by atoms with E-state index in [1.807, 2.05) is 4.72 Å². The summed E-state index contributed by atoms with van der Waals surface area (Å²) < 4.78 is 33.9. The smallest absolute Gasteiger partial charge is 0.323 e. The number of carbonyl (C=O) groups is 2. The first kappa shape index (κ1) is 22.5. The number of hydrogen-bond acceptors (Lipinski definition) is 7. The Morgan fingerprint density at radius 1 is 1.21 bits per heavy atom. The second-order valence-corrected chi connectivity index (χ2v) is 7.52. The zero-order chi connectivity index (χ0) is 18.6. The van der Waals surface area contributed by atoms with Crippen LogP contribution in [0.5, 0.6) is 0 Å². The van der Waals surface area contributed by atoms with E-state index >= 15 is 0 Å². The minimum absolute atomic E-state index is 0.0323.